The van der Waals surface area contributed by atoms with Gasteiger partial charge in [-0.1, -0.05) is 41.6 Å². The summed E-state index contributed by atoms with van der Waals surface area (Å²) in [6.07, 6.45) is 0. The maximum Gasteiger partial charge on any atom is 0.354 e. The SMILES string of the molecule is O=c1oc2ccccc2c(O)c1Sc1cccc(Cl)c1. The highest BCUT2D eigenvalue weighted by molar-refractivity contribution is 7.99. The van der Waals surface area contributed by atoms with Crippen LogP contribution in [0.4, 0.5) is 0 Å². The van der Waals surface area contributed by atoms with E-state index in [4.69, 9.17) is 16.0 Å². The van der Waals surface area contributed by atoms with Gasteiger partial charge in [-0.2, -0.15) is 0 Å². The van der Waals surface area contributed by atoms with Crippen LogP contribution in [-0.4, -0.2) is 5.11 Å². The zero-order valence-electron chi connectivity index (χ0n) is 10.2. The highest BCUT2D eigenvalue weighted by Gasteiger charge is 2.15. The molecule has 0 radical (unpaired) electrons. The Balaban J connectivity index is 2.14. The maximum atomic E-state index is 12.0. The van der Waals surface area contributed by atoms with E-state index in [1.165, 1.54) is 0 Å². The van der Waals surface area contributed by atoms with Crippen molar-refractivity contribution in [3.8, 4) is 5.75 Å². The molecule has 0 spiro atoms. The molecule has 0 fully saturated rings. The summed E-state index contributed by atoms with van der Waals surface area (Å²) < 4.78 is 5.21. The topological polar surface area (TPSA) is 50.4 Å². The van der Waals surface area contributed by atoms with Crippen LogP contribution in [0.1, 0.15) is 0 Å². The van der Waals surface area contributed by atoms with Crippen molar-refractivity contribution in [2.24, 2.45) is 0 Å². The molecule has 0 saturated carbocycles. The third kappa shape index (κ3) is 2.40. The summed E-state index contributed by atoms with van der Waals surface area (Å²) >= 11 is 7.04. The van der Waals surface area contributed by atoms with Crippen molar-refractivity contribution in [1.82, 2.24) is 0 Å². The zero-order valence-corrected chi connectivity index (χ0v) is 11.7. The van der Waals surface area contributed by atoms with Crippen LogP contribution in [0.25, 0.3) is 11.0 Å². The average Bonchev–Trinajstić information content (AvgIpc) is 2.43. The minimum Gasteiger partial charge on any atom is -0.506 e. The van der Waals surface area contributed by atoms with Gasteiger partial charge in [0.25, 0.3) is 0 Å². The second kappa shape index (κ2) is 5.23. The average molecular weight is 305 g/mol. The van der Waals surface area contributed by atoms with E-state index in [9.17, 15) is 9.90 Å². The summed E-state index contributed by atoms with van der Waals surface area (Å²) in [6, 6.07) is 13.9. The predicted octanol–water partition coefficient (Wildman–Crippen LogP) is 4.30. The van der Waals surface area contributed by atoms with Gasteiger partial charge in [-0.3, -0.25) is 0 Å². The molecule has 3 nitrogen and oxygen atoms in total. The molecule has 0 unspecified atom stereocenters. The molecule has 1 heterocycles. The third-order valence-corrected chi connectivity index (χ3v) is 4.05. The van der Waals surface area contributed by atoms with Gasteiger partial charge >= 0.3 is 5.63 Å². The molecule has 1 aromatic heterocycles. The monoisotopic (exact) mass is 304 g/mol. The highest BCUT2D eigenvalue weighted by Crippen LogP contribution is 2.36. The Morgan fingerprint density at radius 3 is 2.70 bits per heavy atom. The Morgan fingerprint density at radius 1 is 1.10 bits per heavy atom. The lowest BCUT2D eigenvalue weighted by atomic mass is 10.2. The normalized spacial score (nSPS) is 10.8. The molecule has 0 atom stereocenters. The molecular formula is C15H9ClO3S. The first-order chi connectivity index (χ1) is 9.65. The Hall–Kier alpha value is -1.91. The van der Waals surface area contributed by atoms with Gasteiger partial charge in [-0.05, 0) is 30.3 Å². The Morgan fingerprint density at radius 2 is 1.90 bits per heavy atom. The first-order valence-electron chi connectivity index (χ1n) is 5.83. The minimum absolute atomic E-state index is 0.0678. The van der Waals surface area contributed by atoms with Crippen molar-refractivity contribution in [1.29, 1.82) is 0 Å². The molecule has 100 valence electrons. The molecule has 0 aliphatic heterocycles. The molecule has 0 aliphatic rings. The molecule has 3 aromatic rings. The van der Waals surface area contributed by atoms with Gasteiger partial charge in [0, 0.05) is 9.92 Å². The van der Waals surface area contributed by atoms with E-state index in [-0.39, 0.29) is 10.6 Å². The number of benzene rings is 2. The fraction of sp³-hybridized carbons (Fsp3) is 0. The van der Waals surface area contributed by atoms with Gasteiger partial charge in [-0.15, -0.1) is 0 Å². The molecular weight excluding hydrogens is 296 g/mol. The number of para-hydroxylation sites is 1. The van der Waals surface area contributed by atoms with Gasteiger partial charge in [0.05, 0.1) is 5.39 Å². The molecule has 3 rings (SSSR count). The minimum atomic E-state index is -0.564. The molecule has 0 amide bonds. The molecule has 0 saturated heterocycles. The number of rotatable bonds is 2. The van der Waals surface area contributed by atoms with E-state index >= 15 is 0 Å². The molecule has 0 aliphatic carbocycles. The van der Waals surface area contributed by atoms with Gasteiger partial charge in [0.2, 0.25) is 0 Å². The summed E-state index contributed by atoms with van der Waals surface area (Å²) in [6.45, 7) is 0. The molecule has 2 aromatic carbocycles. The van der Waals surface area contributed by atoms with Crippen molar-refractivity contribution in [2.75, 3.05) is 0 Å². The second-order valence-corrected chi connectivity index (χ2v) is 5.64. The van der Waals surface area contributed by atoms with E-state index < -0.39 is 5.63 Å². The van der Waals surface area contributed by atoms with Crippen LogP contribution < -0.4 is 5.63 Å². The smallest absolute Gasteiger partial charge is 0.354 e. The lowest BCUT2D eigenvalue weighted by molar-refractivity contribution is 0.447. The first-order valence-corrected chi connectivity index (χ1v) is 7.03. The quantitative estimate of drug-likeness (QED) is 0.717. The van der Waals surface area contributed by atoms with Crippen LogP contribution in [0.3, 0.4) is 0 Å². The van der Waals surface area contributed by atoms with Crippen LogP contribution in [0.5, 0.6) is 5.75 Å². The summed E-state index contributed by atoms with van der Waals surface area (Å²) in [4.78, 5) is 12.9. The van der Waals surface area contributed by atoms with Crippen LogP contribution >= 0.6 is 23.4 Å². The van der Waals surface area contributed by atoms with Crippen molar-refractivity contribution in [2.45, 2.75) is 9.79 Å². The summed E-state index contributed by atoms with van der Waals surface area (Å²) in [5.74, 6) is -0.0678. The van der Waals surface area contributed by atoms with Crippen LogP contribution in [-0.2, 0) is 0 Å². The van der Waals surface area contributed by atoms with Gasteiger partial charge in [0.15, 0.2) is 0 Å². The van der Waals surface area contributed by atoms with Crippen LogP contribution in [0.15, 0.2) is 67.5 Å². The number of halogens is 1. The van der Waals surface area contributed by atoms with E-state index in [1.54, 1.807) is 42.5 Å². The van der Waals surface area contributed by atoms with Gasteiger partial charge < -0.3 is 9.52 Å². The van der Waals surface area contributed by atoms with E-state index in [0.29, 0.717) is 16.0 Å². The number of aromatic hydroxyl groups is 1. The molecule has 5 heteroatoms. The van der Waals surface area contributed by atoms with Gasteiger partial charge in [-0.25, -0.2) is 4.79 Å². The lowest BCUT2D eigenvalue weighted by Crippen LogP contribution is -2.02. The Kier molecular flexibility index (Phi) is 3.42. The van der Waals surface area contributed by atoms with Crippen molar-refractivity contribution >= 4 is 34.3 Å². The summed E-state index contributed by atoms with van der Waals surface area (Å²) in [7, 11) is 0. The van der Waals surface area contributed by atoms with Gasteiger partial charge in [0.1, 0.15) is 16.2 Å². The Bertz CT molecular complexity index is 842. The maximum absolute atomic E-state index is 12.0. The zero-order chi connectivity index (χ0) is 14.1. The fourth-order valence-electron chi connectivity index (χ4n) is 1.85. The number of hydrogen-bond donors (Lipinski definition) is 1. The predicted molar refractivity (Wildman–Crippen MR) is 79.7 cm³/mol. The largest absolute Gasteiger partial charge is 0.506 e. The molecule has 0 bridgehead atoms. The first kappa shape index (κ1) is 13.1. The highest BCUT2D eigenvalue weighted by atomic mass is 35.5. The lowest BCUT2D eigenvalue weighted by Gasteiger charge is -2.06. The molecule has 20 heavy (non-hydrogen) atoms. The fourth-order valence-corrected chi connectivity index (χ4v) is 3.01. The summed E-state index contributed by atoms with van der Waals surface area (Å²) in [5.41, 5.74) is -0.198. The Labute approximate surface area is 123 Å². The van der Waals surface area contributed by atoms with E-state index in [2.05, 4.69) is 0 Å². The van der Waals surface area contributed by atoms with E-state index in [0.717, 1.165) is 16.7 Å². The second-order valence-electron chi connectivity index (χ2n) is 4.12. The van der Waals surface area contributed by atoms with Crippen molar-refractivity contribution in [3.05, 3.63) is 64.0 Å². The standard InChI is InChI=1S/C15H9ClO3S/c16-9-4-3-5-10(8-9)20-14-13(17)11-6-1-2-7-12(11)19-15(14)18/h1-8,17H. The van der Waals surface area contributed by atoms with Crippen LogP contribution in [0, 0.1) is 0 Å². The number of hydrogen-bond acceptors (Lipinski definition) is 4. The third-order valence-electron chi connectivity index (χ3n) is 2.76. The van der Waals surface area contributed by atoms with Crippen molar-refractivity contribution < 1.29 is 9.52 Å². The number of fused-ring (bicyclic) bond motifs is 1. The van der Waals surface area contributed by atoms with Crippen molar-refractivity contribution in [3.63, 3.8) is 0 Å². The van der Waals surface area contributed by atoms with Crippen LogP contribution in [0.2, 0.25) is 5.02 Å². The van der Waals surface area contributed by atoms with E-state index in [1.807, 2.05) is 6.07 Å². The summed E-state index contributed by atoms with van der Waals surface area (Å²) in [5, 5.41) is 11.3. The molecule has 1 N–H and O–H groups in total.